The van der Waals surface area contributed by atoms with Crippen LogP contribution < -0.4 is 19.7 Å². The quantitative estimate of drug-likeness (QED) is 0.267. The van der Waals surface area contributed by atoms with Gasteiger partial charge in [0.1, 0.15) is 5.75 Å². The molecule has 45 heavy (non-hydrogen) atoms. The number of nitrogens with one attached hydrogen (secondary N) is 2. The Kier molecular flexibility index (Phi) is 10.5. The number of ether oxygens (including phenoxy) is 1. The molecule has 0 saturated heterocycles. The molecule has 2 aromatic rings. The summed E-state index contributed by atoms with van der Waals surface area (Å²) in [5.74, 6) is 1.70. The van der Waals surface area contributed by atoms with Crippen LogP contribution in [0.5, 0.6) is 5.75 Å². The van der Waals surface area contributed by atoms with Gasteiger partial charge in [0.2, 0.25) is 5.91 Å². The first-order valence-corrected chi connectivity index (χ1v) is 18.0. The Morgan fingerprint density at radius 2 is 2.07 bits per heavy atom. The molecule has 9 heteroatoms. The first kappa shape index (κ1) is 33.3. The monoisotopic (exact) mass is 651 g/mol. The lowest BCUT2D eigenvalue weighted by atomic mass is 9.65. The summed E-state index contributed by atoms with van der Waals surface area (Å²) in [5.41, 5.74) is 3.66. The van der Waals surface area contributed by atoms with E-state index in [9.17, 15) is 13.2 Å². The molecule has 1 unspecified atom stereocenters. The second kappa shape index (κ2) is 14.1. The number of sulfonamides is 1. The number of hydrogen-bond acceptors (Lipinski definition) is 6. The fraction of sp³-hybridized carbons (Fsp3) is 0.472. The zero-order chi connectivity index (χ0) is 32.2. The third-order valence-corrected chi connectivity index (χ3v) is 11.4. The lowest BCUT2D eigenvalue weighted by Gasteiger charge is -2.47. The van der Waals surface area contributed by atoms with Crippen LogP contribution in [0.4, 0.5) is 5.69 Å². The van der Waals surface area contributed by atoms with E-state index in [2.05, 4.69) is 47.5 Å². The molecular weight excluding hydrogens is 606 g/mol. The molecule has 1 fully saturated rings. The molecule has 1 heterocycles. The predicted octanol–water partition coefficient (Wildman–Crippen LogP) is 6.58. The van der Waals surface area contributed by atoms with E-state index in [1.165, 1.54) is 17.2 Å². The van der Waals surface area contributed by atoms with Crippen molar-refractivity contribution in [3.8, 4) is 5.75 Å². The average molecular weight is 652 g/mol. The predicted molar refractivity (Wildman–Crippen MR) is 183 cm³/mol. The summed E-state index contributed by atoms with van der Waals surface area (Å²) in [6, 6.07) is 11.2. The van der Waals surface area contributed by atoms with Gasteiger partial charge in [-0.25, -0.2) is 13.1 Å². The van der Waals surface area contributed by atoms with Crippen molar-refractivity contribution in [1.29, 1.82) is 0 Å². The number of hydrogen-bond donors (Lipinski definition) is 2. The molecule has 4 atom stereocenters. The van der Waals surface area contributed by atoms with Crippen LogP contribution in [0.3, 0.4) is 0 Å². The molecule has 1 spiro atoms. The normalized spacial score (nSPS) is 24.8. The number of carbonyl (C=O) groups excluding carboxylic acids is 1. The number of rotatable bonds is 11. The summed E-state index contributed by atoms with van der Waals surface area (Å²) in [4.78, 5) is 15.2. The van der Waals surface area contributed by atoms with Crippen molar-refractivity contribution >= 4 is 33.2 Å². The fourth-order valence-corrected chi connectivity index (χ4v) is 8.58. The van der Waals surface area contributed by atoms with Gasteiger partial charge in [-0.2, -0.15) is 0 Å². The Labute approximate surface area is 273 Å². The van der Waals surface area contributed by atoms with E-state index in [0.29, 0.717) is 42.2 Å². The summed E-state index contributed by atoms with van der Waals surface area (Å²) in [6.45, 7) is 14.0. The van der Waals surface area contributed by atoms with Crippen LogP contribution in [0.2, 0.25) is 5.02 Å². The Bertz CT molecular complexity index is 1590. The standard InChI is InChI=1S/C36H46ClN3O4S/c1-5-8-10-26(6-2)18-35(41)39-45(42,43)30-13-15-34-33(20-30)40(22-28-17-25(4)31(28)21-38-7-3)23-36(24-44-34)16-9-11-27-19-29(37)12-14-32(27)36/h5-6,8,10,12-15,19-20,25,28,31,38H,2,7,9,11,16-18,21-24H2,1,3-4H3,(H,39,41)/b8-5-,26-10+/t25?,28-,31+,36-/m0/s1. The lowest BCUT2D eigenvalue weighted by Crippen LogP contribution is -2.51. The summed E-state index contributed by atoms with van der Waals surface area (Å²) < 4.78 is 35.9. The first-order valence-electron chi connectivity index (χ1n) is 16.1. The molecule has 0 bridgehead atoms. The SMILES string of the molecule is C=C/C(=C\C=C/C)CC(=O)NS(=O)(=O)c1ccc2c(c1)N(C[C@@H]1CC(C)[C@H]1CNCC)C[C@@]1(CCCc3cc(Cl)ccc31)CO2. The van der Waals surface area contributed by atoms with Crippen LogP contribution in [-0.4, -0.2) is 47.1 Å². The van der Waals surface area contributed by atoms with E-state index >= 15 is 0 Å². The maximum absolute atomic E-state index is 13.5. The van der Waals surface area contributed by atoms with Crippen LogP contribution in [0.1, 0.15) is 57.6 Å². The maximum Gasteiger partial charge on any atom is 0.264 e. The number of allylic oxidation sites excluding steroid dienone is 4. The fourth-order valence-electron chi connectivity index (χ4n) is 7.38. The summed E-state index contributed by atoms with van der Waals surface area (Å²) in [5, 5.41) is 4.28. The van der Waals surface area contributed by atoms with Crippen molar-refractivity contribution in [2.24, 2.45) is 17.8 Å². The number of halogens is 1. The third kappa shape index (κ3) is 7.34. The summed E-state index contributed by atoms with van der Waals surface area (Å²) >= 11 is 6.41. The molecule has 242 valence electrons. The minimum atomic E-state index is -4.13. The highest BCUT2D eigenvalue weighted by atomic mass is 35.5. The second-order valence-electron chi connectivity index (χ2n) is 12.9. The van der Waals surface area contributed by atoms with Gasteiger partial charge in [-0.15, -0.1) is 0 Å². The van der Waals surface area contributed by atoms with Crippen LogP contribution in [0, 0.1) is 17.8 Å². The van der Waals surface area contributed by atoms with Crippen LogP contribution in [0.25, 0.3) is 0 Å². The number of nitrogens with zero attached hydrogens (tertiary/aromatic N) is 1. The number of anilines is 1. The Balaban J connectivity index is 1.48. The Morgan fingerprint density at radius 1 is 1.24 bits per heavy atom. The van der Waals surface area contributed by atoms with Gasteiger partial charge in [0, 0.05) is 23.5 Å². The molecule has 3 aliphatic rings. The van der Waals surface area contributed by atoms with Crippen molar-refractivity contribution in [2.75, 3.05) is 37.7 Å². The zero-order valence-corrected chi connectivity index (χ0v) is 28.2. The topological polar surface area (TPSA) is 87.7 Å². The van der Waals surface area contributed by atoms with Crippen molar-refractivity contribution in [1.82, 2.24) is 10.0 Å². The van der Waals surface area contributed by atoms with Gasteiger partial charge in [0.15, 0.2) is 0 Å². The highest BCUT2D eigenvalue weighted by Gasteiger charge is 2.44. The lowest BCUT2D eigenvalue weighted by molar-refractivity contribution is -0.118. The Morgan fingerprint density at radius 3 is 2.80 bits per heavy atom. The molecule has 5 rings (SSSR count). The van der Waals surface area contributed by atoms with Crippen molar-refractivity contribution in [3.05, 3.63) is 89.0 Å². The van der Waals surface area contributed by atoms with Gasteiger partial charge in [0.05, 0.1) is 23.6 Å². The van der Waals surface area contributed by atoms with Gasteiger partial charge < -0.3 is 15.0 Å². The van der Waals surface area contributed by atoms with E-state index in [1.54, 1.807) is 30.4 Å². The van der Waals surface area contributed by atoms with E-state index in [-0.39, 0.29) is 16.7 Å². The van der Waals surface area contributed by atoms with E-state index in [4.69, 9.17) is 16.3 Å². The third-order valence-electron chi connectivity index (χ3n) is 9.79. The van der Waals surface area contributed by atoms with Crippen molar-refractivity contribution < 1.29 is 17.9 Å². The molecule has 2 aromatic carbocycles. The molecule has 1 saturated carbocycles. The number of carbonyl (C=O) groups is 1. The second-order valence-corrected chi connectivity index (χ2v) is 15.0. The molecule has 2 N–H and O–H groups in total. The molecule has 0 aromatic heterocycles. The highest BCUT2D eigenvalue weighted by Crippen LogP contribution is 2.47. The molecular formula is C36H46ClN3O4S. The Hall–Kier alpha value is -3.07. The number of aryl methyl sites for hydroxylation is 1. The number of amides is 1. The first-order chi connectivity index (χ1) is 21.6. The van der Waals surface area contributed by atoms with Crippen molar-refractivity contribution in [2.45, 2.75) is 63.2 Å². The molecule has 2 aliphatic carbocycles. The van der Waals surface area contributed by atoms with Gasteiger partial charge in [-0.1, -0.05) is 62.4 Å². The van der Waals surface area contributed by atoms with Gasteiger partial charge in [-0.05, 0) is 110 Å². The van der Waals surface area contributed by atoms with Crippen LogP contribution in [0.15, 0.2) is 77.7 Å². The average Bonchev–Trinajstić information content (AvgIpc) is 3.15. The molecule has 1 aliphatic heterocycles. The molecule has 1 amide bonds. The van der Waals surface area contributed by atoms with Gasteiger partial charge >= 0.3 is 0 Å². The smallest absolute Gasteiger partial charge is 0.264 e. The largest absolute Gasteiger partial charge is 0.490 e. The van der Waals surface area contributed by atoms with E-state index < -0.39 is 15.9 Å². The number of fused-ring (bicyclic) bond motifs is 3. The van der Waals surface area contributed by atoms with Gasteiger partial charge in [-0.3, -0.25) is 4.79 Å². The highest BCUT2D eigenvalue weighted by molar-refractivity contribution is 7.90. The van der Waals surface area contributed by atoms with Crippen LogP contribution in [-0.2, 0) is 26.7 Å². The molecule has 7 nitrogen and oxygen atoms in total. The van der Waals surface area contributed by atoms with E-state index in [0.717, 1.165) is 56.0 Å². The minimum absolute atomic E-state index is 0.0405. The van der Waals surface area contributed by atoms with Crippen LogP contribution >= 0.6 is 11.6 Å². The van der Waals surface area contributed by atoms with Gasteiger partial charge in [0.25, 0.3) is 10.0 Å². The number of benzene rings is 2. The summed E-state index contributed by atoms with van der Waals surface area (Å²) in [7, 11) is -4.13. The zero-order valence-electron chi connectivity index (χ0n) is 26.7. The maximum atomic E-state index is 13.5. The van der Waals surface area contributed by atoms with E-state index in [1.807, 2.05) is 19.1 Å². The van der Waals surface area contributed by atoms with Crippen molar-refractivity contribution in [3.63, 3.8) is 0 Å². The summed E-state index contributed by atoms with van der Waals surface area (Å²) in [6.07, 6.45) is 10.9. The molecule has 0 radical (unpaired) electrons. The minimum Gasteiger partial charge on any atom is -0.490 e.